The number of aryl methyl sites for hydroxylation is 1. The van der Waals surface area contributed by atoms with E-state index in [4.69, 9.17) is 0 Å². The maximum atomic E-state index is 3.20. The lowest BCUT2D eigenvalue weighted by Gasteiger charge is -2.03. The minimum absolute atomic E-state index is 1.18. The lowest BCUT2D eigenvalue weighted by atomic mass is 10.0. The standard InChI is InChI=1S/C17H29N/c1-18-16-12-7-5-3-2-4-6-9-13-17-14-10-8-11-15-17/h8,10-11,14-15,18H,2-7,9,12-13,16H2,1H3. The van der Waals surface area contributed by atoms with Crippen LogP contribution in [0.15, 0.2) is 30.3 Å². The van der Waals surface area contributed by atoms with Gasteiger partial charge in [0, 0.05) is 0 Å². The van der Waals surface area contributed by atoms with Crippen LogP contribution in [-0.2, 0) is 6.42 Å². The molecule has 0 bridgehead atoms. The molecule has 0 atom stereocenters. The first-order valence-electron chi connectivity index (χ1n) is 7.62. The van der Waals surface area contributed by atoms with Crippen molar-refractivity contribution in [3.63, 3.8) is 0 Å². The molecule has 0 spiro atoms. The summed E-state index contributed by atoms with van der Waals surface area (Å²) in [4.78, 5) is 0. The van der Waals surface area contributed by atoms with Gasteiger partial charge in [0.15, 0.2) is 0 Å². The number of rotatable bonds is 11. The molecule has 0 heterocycles. The van der Waals surface area contributed by atoms with Crippen molar-refractivity contribution in [2.45, 2.75) is 57.8 Å². The molecule has 0 amide bonds. The van der Waals surface area contributed by atoms with Gasteiger partial charge in [-0.25, -0.2) is 0 Å². The van der Waals surface area contributed by atoms with Gasteiger partial charge in [-0.2, -0.15) is 0 Å². The number of nitrogens with one attached hydrogen (secondary N) is 1. The van der Waals surface area contributed by atoms with E-state index in [1.54, 1.807) is 0 Å². The molecule has 0 saturated carbocycles. The fraction of sp³-hybridized carbons (Fsp3) is 0.647. The molecule has 18 heavy (non-hydrogen) atoms. The zero-order chi connectivity index (χ0) is 12.9. The summed E-state index contributed by atoms with van der Waals surface area (Å²) in [5, 5.41) is 3.20. The number of benzene rings is 1. The van der Waals surface area contributed by atoms with Gasteiger partial charge in [-0.3, -0.25) is 0 Å². The highest BCUT2D eigenvalue weighted by Crippen LogP contribution is 2.11. The van der Waals surface area contributed by atoms with Crippen molar-refractivity contribution in [2.75, 3.05) is 13.6 Å². The van der Waals surface area contributed by atoms with E-state index < -0.39 is 0 Å². The second kappa shape index (κ2) is 11.3. The summed E-state index contributed by atoms with van der Waals surface area (Å²) in [7, 11) is 2.03. The molecule has 0 aromatic heterocycles. The molecule has 1 aromatic carbocycles. The number of hydrogen-bond donors (Lipinski definition) is 1. The highest BCUT2D eigenvalue weighted by atomic mass is 14.8. The van der Waals surface area contributed by atoms with Crippen molar-refractivity contribution < 1.29 is 0 Å². The van der Waals surface area contributed by atoms with Crippen LogP contribution in [0.4, 0.5) is 0 Å². The summed E-state index contributed by atoms with van der Waals surface area (Å²) in [6.07, 6.45) is 12.4. The van der Waals surface area contributed by atoms with Gasteiger partial charge in [0.05, 0.1) is 0 Å². The Hall–Kier alpha value is -0.820. The maximum Gasteiger partial charge on any atom is -0.00519 e. The van der Waals surface area contributed by atoms with Crippen molar-refractivity contribution in [3.05, 3.63) is 35.9 Å². The van der Waals surface area contributed by atoms with Gasteiger partial charge in [0.1, 0.15) is 0 Å². The Morgan fingerprint density at radius 1 is 0.722 bits per heavy atom. The van der Waals surface area contributed by atoms with Gasteiger partial charge < -0.3 is 5.32 Å². The Balaban J connectivity index is 1.82. The zero-order valence-electron chi connectivity index (χ0n) is 12.0. The predicted octanol–water partition coefficient (Wildman–Crippen LogP) is 4.57. The highest BCUT2D eigenvalue weighted by Gasteiger charge is 1.94. The van der Waals surface area contributed by atoms with Gasteiger partial charge in [0.25, 0.3) is 0 Å². The van der Waals surface area contributed by atoms with Crippen LogP contribution in [0.3, 0.4) is 0 Å². The Morgan fingerprint density at radius 2 is 1.28 bits per heavy atom. The Morgan fingerprint density at radius 3 is 1.89 bits per heavy atom. The molecule has 0 fully saturated rings. The van der Waals surface area contributed by atoms with Crippen molar-refractivity contribution in [1.82, 2.24) is 5.32 Å². The van der Waals surface area contributed by atoms with Crippen molar-refractivity contribution in [1.29, 1.82) is 0 Å². The van der Waals surface area contributed by atoms with Crippen LogP contribution in [0.1, 0.15) is 56.9 Å². The second-order valence-corrected chi connectivity index (χ2v) is 5.17. The van der Waals surface area contributed by atoms with Crippen LogP contribution in [-0.4, -0.2) is 13.6 Å². The topological polar surface area (TPSA) is 12.0 Å². The molecule has 0 aliphatic rings. The molecule has 1 rings (SSSR count). The molecular weight excluding hydrogens is 218 g/mol. The minimum Gasteiger partial charge on any atom is -0.320 e. The van der Waals surface area contributed by atoms with E-state index in [9.17, 15) is 0 Å². The summed E-state index contributed by atoms with van der Waals surface area (Å²) in [6.45, 7) is 1.18. The smallest absolute Gasteiger partial charge is 0.00519 e. The third-order valence-corrected chi connectivity index (χ3v) is 3.49. The first kappa shape index (κ1) is 15.2. The van der Waals surface area contributed by atoms with E-state index in [1.165, 1.54) is 69.9 Å². The lowest BCUT2D eigenvalue weighted by Crippen LogP contribution is -2.06. The van der Waals surface area contributed by atoms with Crippen LogP contribution >= 0.6 is 0 Å². The SMILES string of the molecule is CNCCCCCCCCCCc1ccccc1. The van der Waals surface area contributed by atoms with E-state index in [1.807, 2.05) is 7.05 Å². The quantitative estimate of drug-likeness (QED) is 0.565. The summed E-state index contributed by atoms with van der Waals surface area (Å²) in [5.41, 5.74) is 1.49. The molecule has 0 radical (unpaired) electrons. The van der Waals surface area contributed by atoms with Crippen LogP contribution in [0.25, 0.3) is 0 Å². The van der Waals surface area contributed by atoms with Gasteiger partial charge in [-0.1, -0.05) is 68.9 Å². The molecule has 1 aromatic rings. The molecule has 0 saturated heterocycles. The van der Waals surface area contributed by atoms with Gasteiger partial charge in [-0.05, 0) is 38.4 Å². The summed E-state index contributed by atoms with van der Waals surface area (Å²) in [5.74, 6) is 0. The molecular formula is C17H29N. The zero-order valence-corrected chi connectivity index (χ0v) is 12.0. The fourth-order valence-electron chi connectivity index (χ4n) is 2.34. The minimum atomic E-state index is 1.18. The van der Waals surface area contributed by atoms with E-state index in [-0.39, 0.29) is 0 Å². The summed E-state index contributed by atoms with van der Waals surface area (Å²) < 4.78 is 0. The first-order chi connectivity index (χ1) is 8.93. The Kier molecular flexibility index (Phi) is 9.55. The van der Waals surface area contributed by atoms with Crippen LogP contribution in [0, 0.1) is 0 Å². The summed E-state index contributed by atoms with van der Waals surface area (Å²) >= 11 is 0. The number of unbranched alkanes of at least 4 members (excludes halogenated alkanes) is 7. The maximum absolute atomic E-state index is 3.20. The van der Waals surface area contributed by atoms with Crippen molar-refractivity contribution in [3.8, 4) is 0 Å². The lowest BCUT2D eigenvalue weighted by molar-refractivity contribution is 0.561. The Labute approximate surface area is 113 Å². The van der Waals surface area contributed by atoms with Crippen molar-refractivity contribution in [2.24, 2.45) is 0 Å². The van der Waals surface area contributed by atoms with Gasteiger partial charge in [0.2, 0.25) is 0 Å². The van der Waals surface area contributed by atoms with E-state index in [0.717, 1.165) is 0 Å². The third kappa shape index (κ3) is 8.30. The first-order valence-corrected chi connectivity index (χ1v) is 7.62. The van der Waals surface area contributed by atoms with Crippen LogP contribution in [0.5, 0.6) is 0 Å². The predicted molar refractivity (Wildman–Crippen MR) is 81.0 cm³/mol. The molecule has 1 heteroatoms. The molecule has 102 valence electrons. The Bertz CT molecular complexity index is 268. The largest absolute Gasteiger partial charge is 0.320 e. The summed E-state index contributed by atoms with van der Waals surface area (Å²) in [6, 6.07) is 10.8. The molecule has 1 nitrogen and oxygen atoms in total. The molecule has 0 aliphatic carbocycles. The van der Waals surface area contributed by atoms with Crippen molar-refractivity contribution >= 4 is 0 Å². The normalized spacial score (nSPS) is 10.7. The average molecular weight is 247 g/mol. The third-order valence-electron chi connectivity index (χ3n) is 3.49. The molecule has 0 unspecified atom stereocenters. The van der Waals surface area contributed by atoms with E-state index in [2.05, 4.69) is 35.6 Å². The van der Waals surface area contributed by atoms with Crippen LogP contribution in [0.2, 0.25) is 0 Å². The van der Waals surface area contributed by atoms with Crippen LogP contribution < -0.4 is 5.32 Å². The van der Waals surface area contributed by atoms with E-state index >= 15 is 0 Å². The number of hydrogen-bond acceptors (Lipinski definition) is 1. The monoisotopic (exact) mass is 247 g/mol. The fourth-order valence-corrected chi connectivity index (χ4v) is 2.34. The highest BCUT2D eigenvalue weighted by molar-refractivity contribution is 5.14. The average Bonchev–Trinajstić information content (AvgIpc) is 2.42. The molecule has 1 N–H and O–H groups in total. The molecule has 0 aliphatic heterocycles. The second-order valence-electron chi connectivity index (χ2n) is 5.17. The van der Waals surface area contributed by atoms with Gasteiger partial charge in [-0.15, -0.1) is 0 Å². The van der Waals surface area contributed by atoms with E-state index in [0.29, 0.717) is 0 Å². The van der Waals surface area contributed by atoms with Gasteiger partial charge >= 0.3 is 0 Å².